The highest BCUT2D eigenvalue weighted by molar-refractivity contribution is 5.58. The summed E-state index contributed by atoms with van der Waals surface area (Å²) in [6.07, 6.45) is 3.42. The minimum absolute atomic E-state index is 0.724. The van der Waals surface area contributed by atoms with Gasteiger partial charge in [0.15, 0.2) is 0 Å². The van der Waals surface area contributed by atoms with Crippen molar-refractivity contribution in [1.82, 2.24) is 9.97 Å². The molecular weight excluding hydrogens is 222 g/mol. The highest BCUT2D eigenvalue weighted by atomic mass is 15.1. The Morgan fingerprint density at radius 3 is 2.72 bits per heavy atom. The lowest BCUT2D eigenvalue weighted by molar-refractivity contribution is 0.899. The molecule has 1 aromatic heterocycles. The lowest BCUT2D eigenvalue weighted by Gasteiger charge is -2.10. The highest BCUT2D eigenvalue weighted by Crippen LogP contribution is 2.25. The monoisotopic (exact) mass is 239 g/mol. The van der Waals surface area contributed by atoms with Crippen molar-refractivity contribution in [3.63, 3.8) is 0 Å². The van der Waals surface area contributed by atoms with Crippen molar-refractivity contribution in [1.29, 1.82) is 0 Å². The number of anilines is 2. The lowest BCUT2D eigenvalue weighted by atomic mass is 10.2. The molecule has 18 heavy (non-hydrogen) atoms. The van der Waals surface area contributed by atoms with E-state index >= 15 is 0 Å². The summed E-state index contributed by atoms with van der Waals surface area (Å²) < 4.78 is 0. The molecule has 3 nitrogen and oxygen atoms in total. The van der Waals surface area contributed by atoms with Crippen LogP contribution in [0.3, 0.4) is 0 Å². The molecule has 3 rings (SSSR count). The zero-order valence-electron chi connectivity index (χ0n) is 10.8. The summed E-state index contributed by atoms with van der Waals surface area (Å²) in [5.41, 5.74) is 5.98. The summed E-state index contributed by atoms with van der Waals surface area (Å²) in [4.78, 5) is 9.19. The van der Waals surface area contributed by atoms with Crippen LogP contribution < -0.4 is 5.32 Å². The Hall–Kier alpha value is -1.90. The second-order valence-electron chi connectivity index (χ2n) is 4.85. The number of rotatable bonds is 2. The van der Waals surface area contributed by atoms with E-state index in [-0.39, 0.29) is 0 Å². The van der Waals surface area contributed by atoms with E-state index < -0.39 is 0 Å². The van der Waals surface area contributed by atoms with Crippen molar-refractivity contribution < 1.29 is 0 Å². The van der Waals surface area contributed by atoms with Crippen molar-refractivity contribution >= 4 is 11.6 Å². The number of benzene rings is 1. The fourth-order valence-electron chi connectivity index (χ4n) is 2.51. The summed E-state index contributed by atoms with van der Waals surface area (Å²) in [7, 11) is 0. The third kappa shape index (κ3) is 1.96. The van der Waals surface area contributed by atoms with Crippen molar-refractivity contribution in [3.05, 3.63) is 46.8 Å². The molecule has 0 fully saturated rings. The average molecular weight is 239 g/mol. The molecule has 1 aromatic carbocycles. The summed E-state index contributed by atoms with van der Waals surface area (Å²) in [5, 5.41) is 3.32. The van der Waals surface area contributed by atoms with Gasteiger partial charge in [-0.3, -0.25) is 0 Å². The Morgan fingerprint density at radius 1 is 1.06 bits per heavy atom. The predicted octanol–water partition coefficient (Wildman–Crippen LogP) is 3.33. The van der Waals surface area contributed by atoms with E-state index in [0.29, 0.717) is 0 Å². The Labute approximate surface area is 107 Å². The predicted molar refractivity (Wildman–Crippen MR) is 73.3 cm³/mol. The van der Waals surface area contributed by atoms with Crippen LogP contribution in [-0.4, -0.2) is 9.97 Å². The second kappa shape index (κ2) is 4.41. The molecule has 1 aliphatic carbocycles. The first-order valence-electron chi connectivity index (χ1n) is 6.43. The van der Waals surface area contributed by atoms with E-state index in [4.69, 9.17) is 0 Å². The first kappa shape index (κ1) is 11.2. The third-order valence-corrected chi connectivity index (χ3v) is 3.53. The molecule has 0 radical (unpaired) electrons. The number of aromatic nitrogens is 2. The number of aryl methyl sites for hydroxylation is 3. The summed E-state index contributed by atoms with van der Waals surface area (Å²) in [5.74, 6) is 0.724. The molecule has 0 saturated carbocycles. The summed E-state index contributed by atoms with van der Waals surface area (Å²) in [6, 6.07) is 8.20. The van der Waals surface area contributed by atoms with E-state index in [1.165, 1.54) is 23.2 Å². The van der Waals surface area contributed by atoms with Gasteiger partial charge >= 0.3 is 0 Å². The molecule has 0 unspecified atom stereocenters. The first-order valence-corrected chi connectivity index (χ1v) is 6.43. The maximum atomic E-state index is 4.63. The van der Waals surface area contributed by atoms with Crippen LogP contribution >= 0.6 is 0 Å². The zero-order chi connectivity index (χ0) is 12.5. The van der Waals surface area contributed by atoms with E-state index in [0.717, 1.165) is 30.2 Å². The SMILES string of the molecule is Cc1ccccc1Nc1nc(C)c2c(n1)CCC2. The number of fused-ring (bicyclic) bond motifs is 1. The highest BCUT2D eigenvalue weighted by Gasteiger charge is 2.17. The molecule has 0 saturated heterocycles. The van der Waals surface area contributed by atoms with Gasteiger partial charge in [-0.15, -0.1) is 0 Å². The molecule has 0 spiro atoms. The van der Waals surface area contributed by atoms with Crippen LogP contribution in [0.1, 0.15) is 28.9 Å². The quantitative estimate of drug-likeness (QED) is 0.873. The van der Waals surface area contributed by atoms with Crippen LogP contribution in [0.4, 0.5) is 11.6 Å². The van der Waals surface area contributed by atoms with Gasteiger partial charge in [0.25, 0.3) is 0 Å². The van der Waals surface area contributed by atoms with Gasteiger partial charge in [0.05, 0.1) is 0 Å². The fourth-order valence-corrected chi connectivity index (χ4v) is 2.51. The Balaban J connectivity index is 1.95. The van der Waals surface area contributed by atoms with Gasteiger partial charge in [-0.25, -0.2) is 9.97 Å². The van der Waals surface area contributed by atoms with Gasteiger partial charge < -0.3 is 5.32 Å². The number of para-hydroxylation sites is 1. The van der Waals surface area contributed by atoms with Gasteiger partial charge in [0.1, 0.15) is 0 Å². The molecule has 1 heterocycles. The van der Waals surface area contributed by atoms with Crippen LogP contribution in [0.5, 0.6) is 0 Å². The number of hydrogen-bond acceptors (Lipinski definition) is 3. The maximum absolute atomic E-state index is 4.63. The average Bonchev–Trinajstić information content (AvgIpc) is 2.81. The van der Waals surface area contributed by atoms with Crippen LogP contribution in [0, 0.1) is 13.8 Å². The third-order valence-electron chi connectivity index (χ3n) is 3.53. The fraction of sp³-hybridized carbons (Fsp3) is 0.333. The topological polar surface area (TPSA) is 37.8 Å². The van der Waals surface area contributed by atoms with Gasteiger partial charge in [0.2, 0.25) is 5.95 Å². The van der Waals surface area contributed by atoms with Gasteiger partial charge in [-0.05, 0) is 50.3 Å². The molecule has 2 aromatic rings. The molecule has 1 N–H and O–H groups in total. The van der Waals surface area contributed by atoms with Crippen LogP contribution in [0.2, 0.25) is 0 Å². The summed E-state index contributed by atoms with van der Waals surface area (Å²) >= 11 is 0. The molecule has 3 heteroatoms. The van der Waals surface area contributed by atoms with Crippen LogP contribution in [-0.2, 0) is 12.8 Å². The minimum Gasteiger partial charge on any atom is -0.324 e. The molecular formula is C15H17N3. The van der Waals surface area contributed by atoms with Crippen molar-refractivity contribution in [2.24, 2.45) is 0 Å². The van der Waals surface area contributed by atoms with E-state index in [1.807, 2.05) is 12.1 Å². The number of nitrogens with one attached hydrogen (secondary N) is 1. The van der Waals surface area contributed by atoms with Crippen molar-refractivity contribution in [2.45, 2.75) is 33.1 Å². The molecule has 0 atom stereocenters. The van der Waals surface area contributed by atoms with E-state index in [1.54, 1.807) is 0 Å². The van der Waals surface area contributed by atoms with Crippen molar-refractivity contribution in [2.75, 3.05) is 5.32 Å². The molecule has 0 bridgehead atoms. The number of hydrogen-bond donors (Lipinski definition) is 1. The molecule has 1 aliphatic rings. The standard InChI is InChI=1S/C15H17N3/c1-10-6-3-4-8-13(10)17-15-16-11(2)12-7-5-9-14(12)18-15/h3-4,6,8H,5,7,9H2,1-2H3,(H,16,17,18). The smallest absolute Gasteiger partial charge is 0.227 e. The maximum Gasteiger partial charge on any atom is 0.227 e. The largest absolute Gasteiger partial charge is 0.324 e. The summed E-state index contributed by atoms with van der Waals surface area (Å²) in [6.45, 7) is 4.16. The molecule has 92 valence electrons. The van der Waals surface area contributed by atoms with Crippen LogP contribution in [0.15, 0.2) is 24.3 Å². The van der Waals surface area contributed by atoms with Crippen LogP contribution in [0.25, 0.3) is 0 Å². The van der Waals surface area contributed by atoms with Gasteiger partial charge in [-0.1, -0.05) is 18.2 Å². The first-order chi connectivity index (χ1) is 8.74. The normalized spacial score (nSPS) is 13.4. The minimum atomic E-state index is 0.724. The van der Waals surface area contributed by atoms with E-state index in [2.05, 4.69) is 41.3 Å². The Morgan fingerprint density at radius 2 is 1.89 bits per heavy atom. The molecule has 0 amide bonds. The van der Waals surface area contributed by atoms with Gasteiger partial charge in [-0.2, -0.15) is 0 Å². The van der Waals surface area contributed by atoms with E-state index in [9.17, 15) is 0 Å². The number of nitrogens with zero attached hydrogens (tertiary/aromatic N) is 2. The Bertz CT molecular complexity index is 590. The lowest BCUT2D eigenvalue weighted by Crippen LogP contribution is -2.04. The van der Waals surface area contributed by atoms with Gasteiger partial charge in [0, 0.05) is 17.1 Å². The molecule has 0 aliphatic heterocycles. The second-order valence-corrected chi connectivity index (χ2v) is 4.85. The Kier molecular flexibility index (Phi) is 2.74. The zero-order valence-corrected chi connectivity index (χ0v) is 10.8. The van der Waals surface area contributed by atoms with Crippen molar-refractivity contribution in [3.8, 4) is 0 Å².